The van der Waals surface area contributed by atoms with Crippen LogP contribution in [0.15, 0.2) is 24.3 Å². The maximum Gasteiger partial charge on any atom is 0.126 e. The highest BCUT2D eigenvalue weighted by atomic mass is 19.1. The zero-order valence-corrected chi connectivity index (χ0v) is 13.8. The van der Waals surface area contributed by atoms with E-state index in [1.165, 1.54) is 18.6 Å². The average molecular weight is 294 g/mol. The van der Waals surface area contributed by atoms with Crippen molar-refractivity contribution >= 4 is 0 Å². The van der Waals surface area contributed by atoms with Crippen molar-refractivity contribution in [2.24, 2.45) is 11.8 Å². The van der Waals surface area contributed by atoms with Crippen LogP contribution in [0.2, 0.25) is 0 Å². The molecule has 0 nitrogen and oxygen atoms in total. The van der Waals surface area contributed by atoms with Gasteiger partial charge in [-0.15, -0.1) is 0 Å². The van der Waals surface area contributed by atoms with Gasteiger partial charge in [0.25, 0.3) is 0 Å². The smallest absolute Gasteiger partial charge is 0.126 e. The van der Waals surface area contributed by atoms with Crippen LogP contribution >= 0.6 is 0 Å². The minimum Gasteiger partial charge on any atom is -0.207 e. The molecule has 2 unspecified atom stereocenters. The fourth-order valence-corrected chi connectivity index (χ4v) is 3.23. The molecule has 0 aromatic heterocycles. The number of allylic oxidation sites excluding steroid dienone is 2. The number of fused-ring (bicyclic) bond motifs is 1. The Morgan fingerprint density at radius 2 is 1.52 bits per heavy atom. The summed E-state index contributed by atoms with van der Waals surface area (Å²) in [6.45, 7) is 8.00. The first-order valence-electron chi connectivity index (χ1n) is 8.38. The largest absolute Gasteiger partial charge is 0.207 e. The van der Waals surface area contributed by atoms with Crippen LogP contribution in [-0.4, -0.2) is 0 Å². The van der Waals surface area contributed by atoms with E-state index >= 15 is 0 Å². The highest BCUT2D eigenvalue weighted by Crippen LogP contribution is 2.37. The highest BCUT2D eigenvalue weighted by Gasteiger charge is 2.29. The van der Waals surface area contributed by atoms with Crippen LogP contribution in [0, 0.1) is 23.5 Å². The van der Waals surface area contributed by atoms with Crippen LogP contribution in [-0.2, 0) is 12.8 Å². The molecule has 0 spiro atoms. The normalized spacial score (nSPS) is 22.6. The Kier molecular flexibility index (Phi) is 7.63. The van der Waals surface area contributed by atoms with Crippen molar-refractivity contribution in [2.45, 2.75) is 59.8 Å². The van der Waals surface area contributed by atoms with Crippen molar-refractivity contribution in [3.63, 3.8) is 0 Å². The fraction of sp³-hybridized carbons (Fsp3) is 0.579. The molecule has 1 aromatic carbocycles. The van der Waals surface area contributed by atoms with Crippen LogP contribution in [0.25, 0.3) is 0 Å². The van der Waals surface area contributed by atoms with Gasteiger partial charge in [-0.05, 0) is 67.2 Å². The topological polar surface area (TPSA) is 0 Å². The summed E-state index contributed by atoms with van der Waals surface area (Å²) in [7, 11) is 0. The van der Waals surface area contributed by atoms with E-state index in [1.807, 2.05) is 27.7 Å². The van der Waals surface area contributed by atoms with Crippen molar-refractivity contribution in [3.05, 3.63) is 47.0 Å². The Balaban J connectivity index is 0.000000510. The van der Waals surface area contributed by atoms with Gasteiger partial charge >= 0.3 is 0 Å². The monoisotopic (exact) mass is 294 g/mol. The summed E-state index contributed by atoms with van der Waals surface area (Å²) in [5.74, 6) is 0.609. The highest BCUT2D eigenvalue weighted by molar-refractivity contribution is 5.33. The van der Waals surface area contributed by atoms with Crippen LogP contribution in [0.4, 0.5) is 8.78 Å². The van der Waals surface area contributed by atoms with Gasteiger partial charge in [-0.2, -0.15) is 0 Å². The molecule has 0 saturated carbocycles. The molecule has 3 rings (SSSR count). The molecule has 2 aliphatic rings. The molecule has 0 saturated heterocycles. The number of benzene rings is 1. The van der Waals surface area contributed by atoms with Crippen LogP contribution in [0.1, 0.15) is 58.1 Å². The predicted molar refractivity (Wildman–Crippen MR) is 86.4 cm³/mol. The standard InChI is InChI=1S/C15H16F2.2C2H6/c16-14-7-8-15(17)13-9-11(5-6-12(13)14)10-3-1-2-4-10;2*1-2/h1,3,7-8,10-11H,2,4-6,9H2;2*1-2H3. The molecule has 0 N–H and O–H groups in total. The van der Waals surface area contributed by atoms with Gasteiger partial charge in [0.15, 0.2) is 0 Å². The second-order valence-electron chi connectivity index (χ2n) is 5.16. The lowest BCUT2D eigenvalue weighted by molar-refractivity contribution is 0.337. The average Bonchev–Trinajstić information content (AvgIpc) is 3.09. The molecule has 0 aliphatic heterocycles. The van der Waals surface area contributed by atoms with Gasteiger partial charge in [-0.25, -0.2) is 8.78 Å². The Morgan fingerprint density at radius 1 is 0.905 bits per heavy atom. The molecule has 118 valence electrons. The van der Waals surface area contributed by atoms with Crippen LogP contribution in [0.5, 0.6) is 0 Å². The minimum atomic E-state index is -0.234. The summed E-state index contributed by atoms with van der Waals surface area (Å²) in [4.78, 5) is 0. The molecule has 0 fully saturated rings. The molecule has 0 amide bonds. The van der Waals surface area contributed by atoms with Gasteiger partial charge in [0, 0.05) is 0 Å². The van der Waals surface area contributed by atoms with Crippen molar-refractivity contribution in [1.29, 1.82) is 0 Å². The second kappa shape index (κ2) is 8.96. The van der Waals surface area contributed by atoms with E-state index in [0.717, 1.165) is 12.8 Å². The predicted octanol–water partition coefficient (Wildman–Crippen LogP) is 6.09. The first-order valence-corrected chi connectivity index (χ1v) is 8.38. The molecule has 2 heteroatoms. The third kappa shape index (κ3) is 4.15. The van der Waals surface area contributed by atoms with Gasteiger partial charge in [-0.3, -0.25) is 0 Å². The van der Waals surface area contributed by atoms with Crippen molar-refractivity contribution in [3.8, 4) is 0 Å². The van der Waals surface area contributed by atoms with E-state index < -0.39 is 0 Å². The molecule has 2 aliphatic carbocycles. The van der Waals surface area contributed by atoms with Gasteiger partial charge in [0.05, 0.1) is 0 Å². The summed E-state index contributed by atoms with van der Waals surface area (Å²) >= 11 is 0. The van der Waals surface area contributed by atoms with Gasteiger partial charge in [-0.1, -0.05) is 39.8 Å². The summed E-state index contributed by atoms with van der Waals surface area (Å²) in [6.07, 6.45) is 9.16. The van der Waals surface area contributed by atoms with E-state index in [0.29, 0.717) is 35.8 Å². The Hall–Kier alpha value is -1.18. The summed E-state index contributed by atoms with van der Waals surface area (Å²) in [6, 6.07) is 2.52. The number of hydrogen-bond donors (Lipinski definition) is 0. The Labute approximate surface area is 128 Å². The van der Waals surface area contributed by atoms with Crippen molar-refractivity contribution in [2.75, 3.05) is 0 Å². The van der Waals surface area contributed by atoms with Crippen molar-refractivity contribution in [1.82, 2.24) is 0 Å². The van der Waals surface area contributed by atoms with Gasteiger partial charge in [0.1, 0.15) is 11.6 Å². The SMILES string of the molecule is CC.CC.Fc1ccc(F)c2c1CCC(C1C=CCC1)C2. The summed E-state index contributed by atoms with van der Waals surface area (Å²) < 4.78 is 27.3. The Bertz CT molecular complexity index is 463. The lowest BCUT2D eigenvalue weighted by atomic mass is 9.76. The van der Waals surface area contributed by atoms with Crippen molar-refractivity contribution < 1.29 is 8.78 Å². The number of halogens is 2. The molecule has 2 atom stereocenters. The van der Waals surface area contributed by atoms with E-state index in [1.54, 1.807) is 0 Å². The number of hydrogen-bond acceptors (Lipinski definition) is 0. The van der Waals surface area contributed by atoms with Crippen LogP contribution in [0.3, 0.4) is 0 Å². The maximum atomic E-state index is 13.7. The zero-order chi connectivity index (χ0) is 15.8. The molecule has 0 radical (unpaired) electrons. The molecule has 1 aromatic rings. The first kappa shape index (κ1) is 17.9. The maximum absolute atomic E-state index is 13.7. The fourth-order valence-electron chi connectivity index (χ4n) is 3.23. The molecule has 21 heavy (non-hydrogen) atoms. The third-order valence-corrected chi connectivity index (χ3v) is 4.20. The quantitative estimate of drug-likeness (QED) is 0.550. The lowest BCUT2D eigenvalue weighted by Gasteiger charge is -2.29. The summed E-state index contributed by atoms with van der Waals surface area (Å²) in [5.41, 5.74) is 1.24. The van der Waals surface area contributed by atoms with E-state index in [4.69, 9.17) is 0 Å². The second-order valence-corrected chi connectivity index (χ2v) is 5.16. The lowest BCUT2D eigenvalue weighted by Crippen LogP contribution is -2.22. The molecular formula is C19H28F2. The van der Waals surface area contributed by atoms with Gasteiger partial charge < -0.3 is 0 Å². The molecular weight excluding hydrogens is 266 g/mol. The minimum absolute atomic E-state index is 0.229. The van der Waals surface area contributed by atoms with E-state index in [2.05, 4.69) is 12.2 Å². The zero-order valence-electron chi connectivity index (χ0n) is 13.8. The number of rotatable bonds is 1. The summed E-state index contributed by atoms with van der Waals surface area (Å²) in [5, 5.41) is 0. The third-order valence-electron chi connectivity index (χ3n) is 4.20. The molecule has 0 bridgehead atoms. The first-order chi connectivity index (χ1) is 10.3. The van der Waals surface area contributed by atoms with Crippen LogP contribution < -0.4 is 0 Å². The van der Waals surface area contributed by atoms with E-state index in [-0.39, 0.29) is 11.6 Å². The van der Waals surface area contributed by atoms with E-state index in [9.17, 15) is 8.78 Å². The van der Waals surface area contributed by atoms with Gasteiger partial charge in [0.2, 0.25) is 0 Å². The molecule has 0 heterocycles. The Morgan fingerprint density at radius 3 is 2.10 bits per heavy atom.